The summed E-state index contributed by atoms with van der Waals surface area (Å²) in [5.74, 6) is -0.766. The van der Waals surface area contributed by atoms with Crippen molar-refractivity contribution in [3.8, 4) is 11.5 Å². The third-order valence-corrected chi connectivity index (χ3v) is 5.34. The topological polar surface area (TPSA) is 91.4 Å². The van der Waals surface area contributed by atoms with Gasteiger partial charge in [-0.2, -0.15) is 0 Å². The second kappa shape index (κ2) is 9.93. The third kappa shape index (κ3) is 4.88. The molecule has 0 radical (unpaired) electrons. The number of amides is 1. The van der Waals surface area contributed by atoms with E-state index in [0.29, 0.717) is 6.54 Å². The van der Waals surface area contributed by atoms with Crippen molar-refractivity contribution in [2.75, 3.05) is 62.5 Å². The molecule has 0 saturated carbocycles. The molecule has 1 amide bonds. The van der Waals surface area contributed by atoms with Gasteiger partial charge in [-0.15, -0.1) is 0 Å². The molecule has 1 aromatic rings. The Labute approximate surface area is 183 Å². The second-order valence-electron chi connectivity index (χ2n) is 7.95. The molecule has 31 heavy (non-hydrogen) atoms. The highest BCUT2D eigenvalue weighted by Crippen LogP contribution is 2.38. The van der Waals surface area contributed by atoms with Crippen LogP contribution in [-0.4, -0.2) is 101 Å². The summed E-state index contributed by atoms with van der Waals surface area (Å²) in [6.07, 6.45) is 0. The summed E-state index contributed by atoms with van der Waals surface area (Å²) in [6.45, 7) is 3.21. The summed E-state index contributed by atoms with van der Waals surface area (Å²) in [4.78, 5) is 45.2. The van der Waals surface area contributed by atoms with Crippen LogP contribution >= 0.6 is 0 Å². The van der Waals surface area contributed by atoms with Crippen molar-refractivity contribution >= 4 is 17.5 Å². The standard InChI is InChI=1S/C22H32N4O5/c1-13(26(6)12-11-24(2)3)22(29)23-18-19(25(4)5)21(28)17-15(31-8)10-9-14(30-7)16(17)20(18)27/h9-10,13H,11-12H2,1-8H3,(H,23,29). The number of likely N-dealkylation sites (N-methyl/N-ethyl adjacent to an activating group) is 3. The summed E-state index contributed by atoms with van der Waals surface area (Å²) in [7, 11) is 11.9. The normalized spacial score (nSPS) is 14.6. The van der Waals surface area contributed by atoms with E-state index in [0.717, 1.165) is 6.54 Å². The lowest BCUT2D eigenvalue weighted by Crippen LogP contribution is -2.47. The van der Waals surface area contributed by atoms with Crippen LogP contribution in [0, 0.1) is 0 Å². The van der Waals surface area contributed by atoms with E-state index in [1.807, 2.05) is 30.9 Å². The molecule has 1 aromatic carbocycles. The molecular weight excluding hydrogens is 400 g/mol. The van der Waals surface area contributed by atoms with E-state index >= 15 is 0 Å². The van der Waals surface area contributed by atoms with Gasteiger partial charge in [0.25, 0.3) is 0 Å². The van der Waals surface area contributed by atoms with Crippen molar-refractivity contribution in [3.05, 3.63) is 34.7 Å². The molecule has 9 nitrogen and oxygen atoms in total. The largest absolute Gasteiger partial charge is 0.496 e. The Morgan fingerprint density at radius 2 is 1.45 bits per heavy atom. The fourth-order valence-corrected chi connectivity index (χ4v) is 3.34. The van der Waals surface area contributed by atoms with Crippen LogP contribution in [0.2, 0.25) is 0 Å². The van der Waals surface area contributed by atoms with E-state index in [2.05, 4.69) is 5.32 Å². The second-order valence-corrected chi connectivity index (χ2v) is 7.95. The highest BCUT2D eigenvalue weighted by Gasteiger charge is 2.39. The van der Waals surface area contributed by atoms with E-state index in [1.165, 1.54) is 19.1 Å². The number of fused-ring (bicyclic) bond motifs is 1. The third-order valence-electron chi connectivity index (χ3n) is 5.34. The SMILES string of the molecule is COc1ccc(OC)c2c1C(=O)C(NC(=O)C(C)N(C)CCN(C)C)=C(N(C)C)C2=O. The van der Waals surface area contributed by atoms with Gasteiger partial charge in [0.1, 0.15) is 22.9 Å². The minimum Gasteiger partial charge on any atom is -0.496 e. The summed E-state index contributed by atoms with van der Waals surface area (Å²) in [5, 5.41) is 2.71. The Kier molecular flexibility index (Phi) is 7.80. The lowest BCUT2D eigenvalue weighted by molar-refractivity contribution is -0.124. The van der Waals surface area contributed by atoms with Gasteiger partial charge >= 0.3 is 0 Å². The van der Waals surface area contributed by atoms with Gasteiger partial charge in [0.15, 0.2) is 0 Å². The number of benzene rings is 1. The van der Waals surface area contributed by atoms with Crippen molar-refractivity contribution in [3.63, 3.8) is 0 Å². The molecule has 1 aliphatic rings. The predicted molar refractivity (Wildman–Crippen MR) is 118 cm³/mol. The van der Waals surface area contributed by atoms with Gasteiger partial charge in [-0.25, -0.2) is 0 Å². The van der Waals surface area contributed by atoms with Crippen molar-refractivity contribution in [1.82, 2.24) is 20.0 Å². The van der Waals surface area contributed by atoms with Gasteiger partial charge in [-0.1, -0.05) is 0 Å². The summed E-state index contributed by atoms with van der Waals surface area (Å²) < 4.78 is 10.7. The van der Waals surface area contributed by atoms with Crippen molar-refractivity contribution in [2.45, 2.75) is 13.0 Å². The Bertz CT molecular complexity index is 907. The molecule has 0 spiro atoms. The van der Waals surface area contributed by atoms with Gasteiger partial charge in [0.2, 0.25) is 17.5 Å². The van der Waals surface area contributed by atoms with E-state index in [9.17, 15) is 14.4 Å². The zero-order valence-electron chi connectivity index (χ0n) is 19.5. The maximum atomic E-state index is 13.5. The number of nitrogens with zero attached hydrogens (tertiary/aromatic N) is 3. The van der Waals surface area contributed by atoms with Crippen LogP contribution < -0.4 is 14.8 Å². The van der Waals surface area contributed by atoms with E-state index < -0.39 is 17.6 Å². The van der Waals surface area contributed by atoms with Crippen LogP contribution in [0.5, 0.6) is 11.5 Å². The molecule has 1 unspecified atom stereocenters. The van der Waals surface area contributed by atoms with E-state index in [4.69, 9.17) is 9.47 Å². The average Bonchev–Trinajstić information content (AvgIpc) is 2.73. The Balaban J connectivity index is 2.47. The van der Waals surface area contributed by atoms with Gasteiger partial charge in [0.05, 0.1) is 31.4 Å². The van der Waals surface area contributed by atoms with Gasteiger partial charge in [-0.05, 0) is 40.2 Å². The molecule has 0 bridgehead atoms. The van der Waals surface area contributed by atoms with Crippen molar-refractivity contribution in [2.24, 2.45) is 0 Å². The number of methoxy groups -OCH3 is 2. The first-order valence-electron chi connectivity index (χ1n) is 9.96. The molecule has 2 rings (SSSR count). The number of hydrogen-bond acceptors (Lipinski definition) is 8. The number of ether oxygens (including phenoxy) is 2. The van der Waals surface area contributed by atoms with Crippen LogP contribution in [0.4, 0.5) is 0 Å². The van der Waals surface area contributed by atoms with Gasteiger partial charge < -0.3 is 24.6 Å². The molecule has 0 heterocycles. The zero-order chi connectivity index (χ0) is 23.5. The van der Waals surface area contributed by atoms with Crippen LogP contribution in [0.25, 0.3) is 0 Å². The van der Waals surface area contributed by atoms with Crippen molar-refractivity contribution in [1.29, 1.82) is 0 Å². The van der Waals surface area contributed by atoms with Crippen LogP contribution in [-0.2, 0) is 4.79 Å². The number of carbonyl (C=O) groups is 3. The number of rotatable bonds is 9. The summed E-state index contributed by atoms with van der Waals surface area (Å²) >= 11 is 0. The molecule has 0 saturated heterocycles. The van der Waals surface area contributed by atoms with Gasteiger partial charge in [-0.3, -0.25) is 19.3 Å². The number of nitrogens with one attached hydrogen (secondary N) is 1. The highest BCUT2D eigenvalue weighted by molar-refractivity contribution is 6.29. The summed E-state index contributed by atoms with van der Waals surface area (Å²) in [5.41, 5.74) is 0.249. The van der Waals surface area contributed by atoms with Crippen LogP contribution in [0.3, 0.4) is 0 Å². The number of allylic oxidation sites excluding steroid dienone is 2. The molecule has 170 valence electrons. The maximum Gasteiger partial charge on any atom is 0.241 e. The Morgan fingerprint density at radius 3 is 1.90 bits per heavy atom. The molecule has 1 aliphatic carbocycles. The molecule has 1 atom stereocenters. The highest BCUT2D eigenvalue weighted by atomic mass is 16.5. The van der Waals surface area contributed by atoms with E-state index in [1.54, 1.807) is 33.2 Å². The molecular formula is C22H32N4O5. The van der Waals surface area contributed by atoms with E-state index in [-0.39, 0.29) is 39.9 Å². The molecule has 1 N–H and O–H groups in total. The minimum atomic E-state index is -0.507. The quantitative estimate of drug-likeness (QED) is 0.614. The number of ketones is 2. The Hall–Kier alpha value is -2.91. The first-order chi connectivity index (χ1) is 14.5. The average molecular weight is 433 g/mol. The van der Waals surface area contributed by atoms with Gasteiger partial charge in [0, 0.05) is 27.2 Å². The fraction of sp³-hybridized carbons (Fsp3) is 0.500. The Morgan fingerprint density at radius 1 is 0.935 bits per heavy atom. The monoisotopic (exact) mass is 432 g/mol. The molecule has 9 heteroatoms. The number of Topliss-reactive ketones (excluding diaryl/α,β-unsaturated/α-hetero) is 2. The first kappa shape index (κ1) is 24.4. The molecule has 0 aromatic heterocycles. The number of hydrogen-bond donors (Lipinski definition) is 1. The summed E-state index contributed by atoms with van der Waals surface area (Å²) in [6, 6.07) is 2.65. The smallest absolute Gasteiger partial charge is 0.241 e. The minimum absolute atomic E-state index is 0.0630. The number of carbonyl (C=O) groups excluding carboxylic acids is 3. The molecule has 0 fully saturated rings. The zero-order valence-corrected chi connectivity index (χ0v) is 19.5. The van der Waals surface area contributed by atoms with Crippen LogP contribution in [0.15, 0.2) is 23.5 Å². The predicted octanol–water partition coefficient (Wildman–Crippen LogP) is 0.854. The maximum absolute atomic E-state index is 13.5. The lowest BCUT2D eigenvalue weighted by atomic mass is 9.88. The first-order valence-corrected chi connectivity index (χ1v) is 9.96. The fourth-order valence-electron chi connectivity index (χ4n) is 3.34. The molecule has 0 aliphatic heterocycles. The van der Waals surface area contributed by atoms with Crippen molar-refractivity contribution < 1.29 is 23.9 Å². The lowest BCUT2D eigenvalue weighted by Gasteiger charge is -2.29. The van der Waals surface area contributed by atoms with Crippen LogP contribution in [0.1, 0.15) is 27.6 Å².